The number of nitrogens with zero attached hydrogens (tertiary/aromatic N) is 1. The van der Waals surface area contributed by atoms with E-state index in [0.717, 1.165) is 13.0 Å². The van der Waals surface area contributed by atoms with Crippen LogP contribution in [0.25, 0.3) is 0 Å². The molecular weight excluding hydrogens is 397 g/mol. The smallest absolute Gasteiger partial charge is 0.410 e. The predicted molar refractivity (Wildman–Crippen MR) is 97.9 cm³/mol. The highest BCUT2D eigenvalue weighted by molar-refractivity contribution is 14.1. The van der Waals surface area contributed by atoms with Crippen molar-refractivity contribution in [2.45, 2.75) is 52.1 Å². The van der Waals surface area contributed by atoms with Crippen LogP contribution in [0.4, 0.5) is 4.79 Å². The Balaban J connectivity index is 3.37. The van der Waals surface area contributed by atoms with E-state index in [-0.39, 0.29) is 6.09 Å². The molecule has 0 saturated carbocycles. The number of alkyl halides is 1. The molecule has 0 aliphatic rings. The molecule has 0 saturated heterocycles. The van der Waals surface area contributed by atoms with Crippen molar-refractivity contribution in [1.82, 2.24) is 4.90 Å². The Labute approximate surface area is 149 Å². The average molecular weight is 429 g/mol. The van der Waals surface area contributed by atoms with Crippen molar-refractivity contribution in [3.05, 3.63) is 0 Å². The quantitative estimate of drug-likeness (QED) is 0.268. The highest BCUT2D eigenvalue weighted by Gasteiger charge is 2.19. The number of hydrogen-bond donors (Lipinski definition) is 0. The molecular formula is C16H32INO4. The third-order valence-electron chi connectivity index (χ3n) is 2.82. The molecule has 0 N–H and O–H groups in total. The summed E-state index contributed by atoms with van der Waals surface area (Å²) in [6.07, 6.45) is 4.64. The van der Waals surface area contributed by atoms with Crippen molar-refractivity contribution >= 4 is 28.7 Å². The number of ether oxygens (including phenoxy) is 3. The largest absolute Gasteiger partial charge is 0.444 e. The Bertz CT molecular complexity index is 282. The standard InChI is InChI=1S/C16H32INO4/c1-16(2,3)22-15(19)18(4)10-12-21-14-13-20-11-8-6-5-7-9-17/h5-14H2,1-4H3. The number of hydrogen-bond acceptors (Lipinski definition) is 4. The third-order valence-corrected chi connectivity index (χ3v) is 3.58. The van der Waals surface area contributed by atoms with E-state index in [9.17, 15) is 4.79 Å². The molecule has 132 valence electrons. The molecule has 22 heavy (non-hydrogen) atoms. The van der Waals surface area contributed by atoms with Crippen molar-refractivity contribution in [1.29, 1.82) is 0 Å². The van der Waals surface area contributed by atoms with Gasteiger partial charge in [-0.3, -0.25) is 0 Å². The maximum atomic E-state index is 11.7. The molecule has 0 heterocycles. The lowest BCUT2D eigenvalue weighted by Crippen LogP contribution is -2.36. The van der Waals surface area contributed by atoms with Crippen molar-refractivity contribution < 1.29 is 19.0 Å². The van der Waals surface area contributed by atoms with Crippen LogP contribution in [0.2, 0.25) is 0 Å². The van der Waals surface area contributed by atoms with Gasteiger partial charge in [0.25, 0.3) is 0 Å². The van der Waals surface area contributed by atoms with Gasteiger partial charge >= 0.3 is 6.09 Å². The normalized spacial score (nSPS) is 11.5. The summed E-state index contributed by atoms with van der Waals surface area (Å²) in [4.78, 5) is 13.2. The van der Waals surface area contributed by atoms with Crippen LogP contribution in [-0.2, 0) is 14.2 Å². The minimum absolute atomic E-state index is 0.321. The second-order valence-corrected chi connectivity index (χ2v) is 7.31. The minimum atomic E-state index is -0.462. The number of halogens is 1. The minimum Gasteiger partial charge on any atom is -0.444 e. The molecule has 0 atom stereocenters. The number of unbranched alkanes of at least 4 members (excludes halogenated alkanes) is 3. The molecule has 0 aliphatic carbocycles. The molecule has 0 bridgehead atoms. The van der Waals surface area contributed by atoms with E-state index in [1.807, 2.05) is 20.8 Å². The summed E-state index contributed by atoms with van der Waals surface area (Å²) in [5, 5.41) is 0. The van der Waals surface area contributed by atoms with Crippen LogP contribution in [0.1, 0.15) is 46.5 Å². The second kappa shape index (κ2) is 13.4. The highest BCUT2D eigenvalue weighted by atomic mass is 127. The van der Waals surface area contributed by atoms with Gasteiger partial charge < -0.3 is 19.1 Å². The fourth-order valence-corrected chi connectivity index (χ4v) is 2.15. The SMILES string of the molecule is CN(CCOCCOCCCCCCI)C(=O)OC(C)(C)C. The number of likely N-dealkylation sites (N-methyl/N-ethyl adjacent to an activating group) is 1. The molecule has 0 aliphatic heterocycles. The summed E-state index contributed by atoms with van der Waals surface area (Å²) in [7, 11) is 1.71. The molecule has 0 spiro atoms. The van der Waals surface area contributed by atoms with Gasteiger partial charge in [-0.15, -0.1) is 0 Å². The number of rotatable bonds is 12. The van der Waals surface area contributed by atoms with E-state index in [4.69, 9.17) is 14.2 Å². The number of amides is 1. The van der Waals surface area contributed by atoms with Gasteiger partial charge in [-0.2, -0.15) is 0 Å². The van der Waals surface area contributed by atoms with Crippen molar-refractivity contribution in [3.63, 3.8) is 0 Å². The molecule has 0 fully saturated rings. The van der Waals surface area contributed by atoms with Gasteiger partial charge in [-0.1, -0.05) is 35.4 Å². The van der Waals surface area contributed by atoms with E-state index in [2.05, 4.69) is 22.6 Å². The zero-order chi connectivity index (χ0) is 16.8. The summed E-state index contributed by atoms with van der Waals surface area (Å²) < 4.78 is 17.5. The van der Waals surface area contributed by atoms with Crippen LogP contribution >= 0.6 is 22.6 Å². The molecule has 0 aromatic carbocycles. The number of carbonyl (C=O) groups excluding carboxylic acids is 1. The molecule has 1 amide bonds. The van der Waals surface area contributed by atoms with Crippen LogP contribution in [0, 0.1) is 0 Å². The Hall–Kier alpha value is -0.0800. The molecule has 0 aromatic heterocycles. The van der Waals surface area contributed by atoms with Gasteiger partial charge in [0.15, 0.2) is 0 Å². The average Bonchev–Trinajstić information content (AvgIpc) is 2.42. The van der Waals surface area contributed by atoms with Crippen LogP contribution in [0.5, 0.6) is 0 Å². The summed E-state index contributed by atoms with van der Waals surface area (Å²) in [5.74, 6) is 0. The van der Waals surface area contributed by atoms with Gasteiger partial charge in [0.1, 0.15) is 5.60 Å². The van der Waals surface area contributed by atoms with Crippen molar-refractivity contribution in [2.24, 2.45) is 0 Å². The maximum absolute atomic E-state index is 11.7. The van der Waals surface area contributed by atoms with Gasteiger partial charge in [0.2, 0.25) is 0 Å². The fourth-order valence-electron chi connectivity index (χ4n) is 1.61. The predicted octanol–water partition coefficient (Wildman–Crippen LogP) is 3.88. The molecule has 6 heteroatoms. The van der Waals surface area contributed by atoms with Crippen molar-refractivity contribution in [3.8, 4) is 0 Å². The lowest BCUT2D eigenvalue weighted by atomic mass is 10.2. The molecule has 0 aromatic rings. The Morgan fingerprint density at radius 2 is 1.55 bits per heavy atom. The van der Waals surface area contributed by atoms with Gasteiger partial charge in [0.05, 0.1) is 19.8 Å². The van der Waals surface area contributed by atoms with E-state index in [1.165, 1.54) is 28.6 Å². The Morgan fingerprint density at radius 1 is 0.955 bits per heavy atom. The first-order valence-electron chi connectivity index (χ1n) is 8.02. The van der Waals surface area contributed by atoms with Gasteiger partial charge in [0, 0.05) is 20.2 Å². The lowest BCUT2D eigenvalue weighted by molar-refractivity contribution is 0.0157. The van der Waals surface area contributed by atoms with Crippen molar-refractivity contribution in [2.75, 3.05) is 44.4 Å². The van der Waals surface area contributed by atoms with Crippen LogP contribution in [0.15, 0.2) is 0 Å². The summed E-state index contributed by atoms with van der Waals surface area (Å²) in [6, 6.07) is 0. The number of carbonyl (C=O) groups is 1. The highest BCUT2D eigenvalue weighted by Crippen LogP contribution is 2.08. The van der Waals surface area contributed by atoms with Gasteiger partial charge in [-0.25, -0.2) is 4.79 Å². The molecule has 0 unspecified atom stereocenters. The summed E-state index contributed by atoms with van der Waals surface area (Å²) in [6.45, 7) is 8.57. The second-order valence-electron chi connectivity index (χ2n) is 6.23. The van der Waals surface area contributed by atoms with E-state index >= 15 is 0 Å². The first-order chi connectivity index (χ1) is 10.4. The zero-order valence-electron chi connectivity index (χ0n) is 14.5. The topological polar surface area (TPSA) is 48.0 Å². The first kappa shape index (κ1) is 21.9. The van der Waals surface area contributed by atoms with E-state index in [1.54, 1.807) is 7.05 Å². The summed E-state index contributed by atoms with van der Waals surface area (Å²) >= 11 is 2.41. The van der Waals surface area contributed by atoms with Gasteiger partial charge in [-0.05, 0) is 38.0 Å². The van der Waals surface area contributed by atoms with Crippen LogP contribution in [0.3, 0.4) is 0 Å². The van der Waals surface area contributed by atoms with E-state index < -0.39 is 5.60 Å². The monoisotopic (exact) mass is 429 g/mol. The van der Waals surface area contributed by atoms with Crippen LogP contribution < -0.4 is 0 Å². The van der Waals surface area contributed by atoms with Crippen LogP contribution in [-0.4, -0.2) is 61.0 Å². The Kier molecular flexibility index (Phi) is 13.3. The fraction of sp³-hybridized carbons (Fsp3) is 0.938. The maximum Gasteiger partial charge on any atom is 0.410 e. The zero-order valence-corrected chi connectivity index (χ0v) is 16.7. The van der Waals surface area contributed by atoms with E-state index in [0.29, 0.717) is 26.4 Å². The Morgan fingerprint density at radius 3 is 2.14 bits per heavy atom. The molecule has 5 nitrogen and oxygen atoms in total. The summed E-state index contributed by atoms with van der Waals surface area (Å²) in [5.41, 5.74) is -0.462. The molecule has 0 rings (SSSR count). The third kappa shape index (κ3) is 14.8. The first-order valence-corrected chi connectivity index (χ1v) is 9.55. The lowest BCUT2D eigenvalue weighted by Gasteiger charge is -2.24. The molecule has 0 radical (unpaired) electrons.